The van der Waals surface area contributed by atoms with Gasteiger partial charge in [-0.15, -0.1) is 0 Å². The van der Waals surface area contributed by atoms with E-state index in [9.17, 15) is 0 Å². The van der Waals surface area contributed by atoms with E-state index in [1.54, 1.807) is 23.1 Å². The molecule has 0 unspecified atom stereocenters. The van der Waals surface area contributed by atoms with Gasteiger partial charge < -0.3 is 0 Å². The predicted octanol–water partition coefficient (Wildman–Crippen LogP) is 4.06. The Morgan fingerprint density at radius 2 is 2.15 bits per heavy atom. The van der Waals surface area contributed by atoms with Crippen LogP contribution in [-0.2, 0) is 12.2 Å². The lowest BCUT2D eigenvalue weighted by molar-refractivity contribution is 0.953. The van der Waals surface area contributed by atoms with E-state index < -0.39 is 0 Å². The van der Waals surface area contributed by atoms with Crippen molar-refractivity contribution in [2.75, 3.05) is 0 Å². The van der Waals surface area contributed by atoms with Crippen molar-refractivity contribution >= 4 is 23.1 Å². The second-order valence-corrected chi connectivity index (χ2v) is 6.32. The standard InChI is InChI=1S/C15H15N3S2/c1-11-4-2-3-5-13(11)8-14-16-15(18-17-14)20-10-12-6-7-19-9-12/h2-7,9H,8,10H2,1H3,(H,16,17,18). The maximum atomic E-state index is 4.55. The molecule has 0 saturated heterocycles. The largest absolute Gasteiger partial charge is 0.254 e. The quantitative estimate of drug-likeness (QED) is 0.723. The van der Waals surface area contributed by atoms with Crippen molar-refractivity contribution in [3.63, 3.8) is 0 Å². The number of nitrogens with zero attached hydrogens (tertiary/aromatic N) is 2. The molecule has 102 valence electrons. The summed E-state index contributed by atoms with van der Waals surface area (Å²) in [5.74, 6) is 1.79. The Bertz CT molecular complexity index is 674. The molecule has 3 aromatic rings. The summed E-state index contributed by atoms with van der Waals surface area (Å²) in [6.07, 6.45) is 0.780. The van der Waals surface area contributed by atoms with Crippen LogP contribution >= 0.6 is 23.1 Å². The number of aromatic nitrogens is 3. The third-order valence-electron chi connectivity index (χ3n) is 3.08. The van der Waals surface area contributed by atoms with E-state index in [0.717, 1.165) is 23.2 Å². The minimum absolute atomic E-state index is 0.780. The third-order valence-corrected chi connectivity index (χ3v) is 4.74. The van der Waals surface area contributed by atoms with Gasteiger partial charge in [0.1, 0.15) is 0 Å². The van der Waals surface area contributed by atoms with Gasteiger partial charge in [0, 0.05) is 12.2 Å². The predicted molar refractivity (Wildman–Crippen MR) is 84.2 cm³/mol. The number of aromatic amines is 1. The zero-order valence-electron chi connectivity index (χ0n) is 11.2. The normalized spacial score (nSPS) is 10.8. The summed E-state index contributed by atoms with van der Waals surface area (Å²) in [4.78, 5) is 4.55. The number of H-pyrrole nitrogens is 1. The van der Waals surface area contributed by atoms with E-state index in [1.165, 1.54) is 16.7 Å². The number of hydrogen-bond acceptors (Lipinski definition) is 4. The van der Waals surface area contributed by atoms with Gasteiger partial charge >= 0.3 is 0 Å². The number of nitrogens with one attached hydrogen (secondary N) is 1. The van der Waals surface area contributed by atoms with E-state index in [1.807, 2.05) is 0 Å². The highest BCUT2D eigenvalue weighted by Gasteiger charge is 2.06. The second-order valence-electron chi connectivity index (χ2n) is 4.58. The minimum Gasteiger partial charge on any atom is -0.254 e. The van der Waals surface area contributed by atoms with Crippen LogP contribution in [0.3, 0.4) is 0 Å². The molecule has 0 radical (unpaired) electrons. The fraction of sp³-hybridized carbons (Fsp3) is 0.200. The van der Waals surface area contributed by atoms with E-state index in [4.69, 9.17) is 0 Å². The van der Waals surface area contributed by atoms with E-state index in [2.05, 4.69) is 63.2 Å². The van der Waals surface area contributed by atoms with Gasteiger partial charge in [0.25, 0.3) is 0 Å². The van der Waals surface area contributed by atoms with Gasteiger partial charge in [0.15, 0.2) is 11.0 Å². The van der Waals surface area contributed by atoms with Crippen LogP contribution in [0.5, 0.6) is 0 Å². The van der Waals surface area contributed by atoms with E-state index >= 15 is 0 Å². The van der Waals surface area contributed by atoms with Crippen molar-refractivity contribution in [3.05, 3.63) is 63.6 Å². The van der Waals surface area contributed by atoms with Crippen LogP contribution < -0.4 is 0 Å². The molecule has 0 bridgehead atoms. The van der Waals surface area contributed by atoms with Gasteiger partial charge in [0.2, 0.25) is 0 Å². The number of aryl methyl sites for hydroxylation is 1. The Morgan fingerprint density at radius 1 is 1.25 bits per heavy atom. The molecule has 0 amide bonds. The Kier molecular flexibility index (Phi) is 4.18. The zero-order valence-corrected chi connectivity index (χ0v) is 12.8. The number of benzene rings is 1. The molecule has 0 aliphatic rings. The van der Waals surface area contributed by atoms with Crippen molar-refractivity contribution in [2.24, 2.45) is 0 Å². The number of hydrogen-bond donors (Lipinski definition) is 1. The maximum Gasteiger partial charge on any atom is 0.184 e. The van der Waals surface area contributed by atoms with Gasteiger partial charge in [0.05, 0.1) is 0 Å². The molecule has 0 spiro atoms. The molecule has 0 saturated carbocycles. The number of rotatable bonds is 5. The molecule has 1 N–H and O–H groups in total. The molecular weight excluding hydrogens is 286 g/mol. The molecule has 0 fully saturated rings. The molecule has 3 rings (SSSR count). The Labute approximate surface area is 126 Å². The van der Waals surface area contributed by atoms with Crippen molar-refractivity contribution in [3.8, 4) is 0 Å². The maximum absolute atomic E-state index is 4.55. The summed E-state index contributed by atoms with van der Waals surface area (Å²) >= 11 is 3.41. The van der Waals surface area contributed by atoms with Gasteiger partial charge in [-0.2, -0.15) is 16.4 Å². The summed E-state index contributed by atoms with van der Waals surface area (Å²) in [6, 6.07) is 10.5. The fourth-order valence-corrected chi connectivity index (χ4v) is 3.47. The number of thioether (sulfide) groups is 1. The Hall–Kier alpha value is -1.59. The number of thiophene rings is 1. The van der Waals surface area contributed by atoms with Crippen LogP contribution in [0.25, 0.3) is 0 Å². The van der Waals surface area contributed by atoms with Gasteiger partial charge in [-0.1, -0.05) is 36.0 Å². The first-order valence-electron chi connectivity index (χ1n) is 6.41. The van der Waals surface area contributed by atoms with Crippen LogP contribution in [-0.4, -0.2) is 15.2 Å². The molecule has 0 aliphatic carbocycles. The van der Waals surface area contributed by atoms with Crippen molar-refractivity contribution in [1.29, 1.82) is 0 Å². The Morgan fingerprint density at radius 3 is 2.95 bits per heavy atom. The van der Waals surface area contributed by atoms with Crippen molar-refractivity contribution in [1.82, 2.24) is 15.2 Å². The SMILES string of the molecule is Cc1ccccc1Cc1n[nH]c(SCc2ccsc2)n1. The fourth-order valence-electron chi connectivity index (χ4n) is 1.93. The highest BCUT2D eigenvalue weighted by molar-refractivity contribution is 7.98. The topological polar surface area (TPSA) is 41.6 Å². The molecule has 2 heterocycles. The third kappa shape index (κ3) is 3.29. The molecule has 5 heteroatoms. The van der Waals surface area contributed by atoms with Gasteiger partial charge in [-0.3, -0.25) is 5.10 Å². The van der Waals surface area contributed by atoms with Gasteiger partial charge in [-0.25, -0.2) is 4.98 Å². The molecule has 0 aliphatic heterocycles. The van der Waals surface area contributed by atoms with E-state index in [-0.39, 0.29) is 0 Å². The first-order chi connectivity index (χ1) is 9.81. The molecule has 2 aromatic heterocycles. The average Bonchev–Trinajstić information content (AvgIpc) is 3.10. The Balaban J connectivity index is 1.63. The molecule has 1 aromatic carbocycles. The van der Waals surface area contributed by atoms with Crippen molar-refractivity contribution in [2.45, 2.75) is 24.3 Å². The van der Waals surface area contributed by atoms with E-state index in [0.29, 0.717) is 0 Å². The van der Waals surface area contributed by atoms with Crippen molar-refractivity contribution < 1.29 is 0 Å². The molecule has 20 heavy (non-hydrogen) atoms. The zero-order chi connectivity index (χ0) is 13.8. The van der Waals surface area contributed by atoms with Crippen LogP contribution in [0.15, 0.2) is 46.2 Å². The lowest BCUT2D eigenvalue weighted by atomic mass is 10.1. The first kappa shape index (κ1) is 13.4. The minimum atomic E-state index is 0.780. The van der Waals surface area contributed by atoms with Gasteiger partial charge in [-0.05, 0) is 40.4 Å². The summed E-state index contributed by atoms with van der Waals surface area (Å²) in [5.41, 5.74) is 3.89. The van der Waals surface area contributed by atoms with Crippen LogP contribution in [0, 0.1) is 6.92 Å². The lowest BCUT2D eigenvalue weighted by Gasteiger charge is -2.01. The summed E-state index contributed by atoms with van der Waals surface area (Å²) in [6.45, 7) is 2.12. The smallest absolute Gasteiger partial charge is 0.184 e. The molecular formula is C15H15N3S2. The summed E-state index contributed by atoms with van der Waals surface area (Å²) in [7, 11) is 0. The summed E-state index contributed by atoms with van der Waals surface area (Å²) in [5, 5.41) is 12.5. The molecule has 3 nitrogen and oxygen atoms in total. The second kappa shape index (κ2) is 6.24. The average molecular weight is 301 g/mol. The van der Waals surface area contributed by atoms with Crippen LogP contribution in [0.4, 0.5) is 0 Å². The van der Waals surface area contributed by atoms with Crippen LogP contribution in [0.2, 0.25) is 0 Å². The highest BCUT2D eigenvalue weighted by atomic mass is 32.2. The highest BCUT2D eigenvalue weighted by Crippen LogP contribution is 2.21. The lowest BCUT2D eigenvalue weighted by Crippen LogP contribution is -1.93. The summed E-state index contributed by atoms with van der Waals surface area (Å²) < 4.78 is 0. The van der Waals surface area contributed by atoms with Crippen LogP contribution in [0.1, 0.15) is 22.5 Å². The first-order valence-corrected chi connectivity index (χ1v) is 8.34. The monoisotopic (exact) mass is 301 g/mol. The molecule has 0 atom stereocenters.